The first-order valence-electron chi connectivity index (χ1n) is 3.11. The molecule has 0 aliphatic rings. The minimum absolute atomic E-state index is 0.593. The van der Waals surface area contributed by atoms with Gasteiger partial charge in [0.15, 0.2) is 0 Å². The second-order valence-corrected chi connectivity index (χ2v) is 2.66. The number of rotatable bonds is 1. The molecule has 0 saturated heterocycles. The molecule has 1 aromatic rings. The summed E-state index contributed by atoms with van der Waals surface area (Å²) < 4.78 is 0. The maximum Gasteiger partial charge on any atom is 0.240 e. The van der Waals surface area contributed by atoms with Gasteiger partial charge in [0, 0.05) is 4.90 Å². The number of benzene rings is 1. The van der Waals surface area contributed by atoms with E-state index in [0.29, 0.717) is 5.69 Å². The second-order valence-electron chi connectivity index (χ2n) is 2.17. The van der Waals surface area contributed by atoms with Crippen LogP contribution < -0.4 is 0 Å². The van der Waals surface area contributed by atoms with Crippen molar-refractivity contribution in [1.29, 1.82) is 0 Å². The SMILES string of the molecule is Cc1ccc(N=C=O)cc1S. The zero-order chi connectivity index (χ0) is 8.27. The zero-order valence-electron chi connectivity index (χ0n) is 6.03. The molecule has 0 atom stereocenters. The Morgan fingerprint density at radius 1 is 1.55 bits per heavy atom. The first-order chi connectivity index (χ1) is 5.24. The number of carbonyl (C=O) groups excluding carboxylic acids is 1. The Hall–Kier alpha value is -1.05. The molecule has 2 nitrogen and oxygen atoms in total. The first kappa shape index (κ1) is 8.05. The minimum Gasteiger partial charge on any atom is -0.211 e. The second kappa shape index (κ2) is 3.37. The lowest BCUT2D eigenvalue weighted by Gasteiger charge is -1.97. The van der Waals surface area contributed by atoms with Gasteiger partial charge in [-0.15, -0.1) is 12.6 Å². The Bertz CT molecular complexity index is 316. The fourth-order valence-electron chi connectivity index (χ4n) is 0.720. The molecule has 0 aliphatic carbocycles. The monoisotopic (exact) mass is 165 g/mol. The highest BCUT2D eigenvalue weighted by atomic mass is 32.1. The molecule has 0 aromatic heterocycles. The summed E-state index contributed by atoms with van der Waals surface area (Å²) in [5.74, 6) is 0. The van der Waals surface area contributed by atoms with Crippen LogP contribution in [-0.4, -0.2) is 6.08 Å². The molecule has 0 saturated carbocycles. The molecule has 0 amide bonds. The largest absolute Gasteiger partial charge is 0.240 e. The predicted molar refractivity (Wildman–Crippen MR) is 46.2 cm³/mol. The van der Waals surface area contributed by atoms with Crippen molar-refractivity contribution in [2.45, 2.75) is 11.8 Å². The molecule has 1 aromatic carbocycles. The van der Waals surface area contributed by atoms with Crippen molar-refractivity contribution >= 4 is 24.4 Å². The van der Waals surface area contributed by atoms with Crippen molar-refractivity contribution < 1.29 is 4.79 Å². The Kier molecular flexibility index (Phi) is 2.47. The maximum atomic E-state index is 9.85. The average Bonchev–Trinajstić information content (AvgIpc) is 1.98. The zero-order valence-corrected chi connectivity index (χ0v) is 6.93. The number of isocyanates is 1. The molecule has 0 bridgehead atoms. The highest BCUT2D eigenvalue weighted by Crippen LogP contribution is 2.19. The lowest BCUT2D eigenvalue weighted by Crippen LogP contribution is -1.73. The van der Waals surface area contributed by atoms with E-state index in [0.717, 1.165) is 10.5 Å². The van der Waals surface area contributed by atoms with Gasteiger partial charge in [0.05, 0.1) is 5.69 Å². The standard InChI is InChI=1S/C8H7NOS/c1-6-2-3-7(9-5-10)4-8(6)11/h2-4,11H,1H3. The minimum atomic E-state index is 0.593. The van der Waals surface area contributed by atoms with E-state index in [4.69, 9.17) is 0 Å². The molecule has 0 unspecified atom stereocenters. The quantitative estimate of drug-likeness (QED) is 0.386. The van der Waals surface area contributed by atoms with Crippen LogP contribution in [0.5, 0.6) is 0 Å². The van der Waals surface area contributed by atoms with Crippen LogP contribution in [0.4, 0.5) is 5.69 Å². The van der Waals surface area contributed by atoms with Crippen LogP contribution in [0.2, 0.25) is 0 Å². The molecular weight excluding hydrogens is 158 g/mol. The first-order valence-corrected chi connectivity index (χ1v) is 3.56. The lowest BCUT2D eigenvalue weighted by atomic mass is 10.2. The van der Waals surface area contributed by atoms with Crippen molar-refractivity contribution in [3.8, 4) is 0 Å². The van der Waals surface area contributed by atoms with Crippen molar-refractivity contribution in [2.24, 2.45) is 4.99 Å². The molecule has 0 fully saturated rings. The molecule has 0 radical (unpaired) electrons. The Morgan fingerprint density at radius 3 is 2.82 bits per heavy atom. The summed E-state index contributed by atoms with van der Waals surface area (Å²) in [5, 5.41) is 0. The molecule has 3 heteroatoms. The topological polar surface area (TPSA) is 29.4 Å². The summed E-state index contributed by atoms with van der Waals surface area (Å²) in [6.07, 6.45) is 1.47. The highest BCUT2D eigenvalue weighted by molar-refractivity contribution is 7.80. The Labute approximate surface area is 70.4 Å². The van der Waals surface area contributed by atoms with Crippen LogP contribution in [-0.2, 0) is 4.79 Å². The van der Waals surface area contributed by atoms with Crippen molar-refractivity contribution in [1.82, 2.24) is 0 Å². The number of hydrogen-bond donors (Lipinski definition) is 1. The van der Waals surface area contributed by atoms with Crippen LogP contribution in [0.15, 0.2) is 28.1 Å². The van der Waals surface area contributed by atoms with Gasteiger partial charge in [-0.25, -0.2) is 4.79 Å². The van der Waals surface area contributed by atoms with E-state index in [1.807, 2.05) is 13.0 Å². The van der Waals surface area contributed by atoms with Gasteiger partial charge in [0.25, 0.3) is 0 Å². The fraction of sp³-hybridized carbons (Fsp3) is 0.125. The maximum absolute atomic E-state index is 9.85. The third-order valence-electron chi connectivity index (χ3n) is 1.37. The molecule has 0 spiro atoms. The van der Waals surface area contributed by atoms with Gasteiger partial charge in [-0.3, -0.25) is 0 Å². The normalized spacial score (nSPS) is 8.91. The van der Waals surface area contributed by atoms with Gasteiger partial charge in [-0.2, -0.15) is 4.99 Å². The number of nitrogens with zero attached hydrogens (tertiary/aromatic N) is 1. The van der Waals surface area contributed by atoms with Crippen LogP contribution in [0.3, 0.4) is 0 Å². The molecule has 56 valence electrons. The Balaban J connectivity index is 3.14. The van der Waals surface area contributed by atoms with Crippen LogP contribution in [0, 0.1) is 6.92 Å². The molecule has 1 rings (SSSR count). The van der Waals surface area contributed by atoms with E-state index >= 15 is 0 Å². The van der Waals surface area contributed by atoms with Gasteiger partial charge in [0.1, 0.15) is 0 Å². The predicted octanol–water partition coefficient (Wildman–Crippen LogP) is 2.25. The molecule has 11 heavy (non-hydrogen) atoms. The van der Waals surface area contributed by atoms with Crippen molar-refractivity contribution in [2.75, 3.05) is 0 Å². The van der Waals surface area contributed by atoms with Crippen LogP contribution >= 0.6 is 12.6 Å². The summed E-state index contributed by atoms with van der Waals surface area (Å²) in [4.78, 5) is 14.1. The van der Waals surface area contributed by atoms with Gasteiger partial charge in [-0.05, 0) is 24.6 Å². The van der Waals surface area contributed by atoms with E-state index in [1.54, 1.807) is 12.1 Å². The van der Waals surface area contributed by atoms with Crippen LogP contribution in [0.1, 0.15) is 5.56 Å². The van der Waals surface area contributed by atoms with Gasteiger partial charge >= 0.3 is 0 Å². The highest BCUT2D eigenvalue weighted by Gasteiger charge is 1.93. The van der Waals surface area contributed by atoms with E-state index in [-0.39, 0.29) is 0 Å². The smallest absolute Gasteiger partial charge is 0.211 e. The van der Waals surface area contributed by atoms with E-state index in [9.17, 15) is 4.79 Å². The number of hydrogen-bond acceptors (Lipinski definition) is 3. The van der Waals surface area contributed by atoms with Gasteiger partial charge < -0.3 is 0 Å². The molecule has 0 N–H and O–H groups in total. The molecule has 0 aliphatic heterocycles. The number of aryl methyl sites for hydroxylation is 1. The van der Waals surface area contributed by atoms with Crippen LogP contribution in [0.25, 0.3) is 0 Å². The molecular formula is C8H7NOS. The van der Waals surface area contributed by atoms with E-state index < -0.39 is 0 Å². The van der Waals surface area contributed by atoms with Gasteiger partial charge in [0.2, 0.25) is 6.08 Å². The van der Waals surface area contributed by atoms with Gasteiger partial charge in [-0.1, -0.05) is 6.07 Å². The van der Waals surface area contributed by atoms with E-state index in [1.165, 1.54) is 6.08 Å². The summed E-state index contributed by atoms with van der Waals surface area (Å²) in [6.45, 7) is 1.94. The summed E-state index contributed by atoms with van der Waals surface area (Å²) >= 11 is 4.17. The summed E-state index contributed by atoms with van der Waals surface area (Å²) in [7, 11) is 0. The van der Waals surface area contributed by atoms with Crippen molar-refractivity contribution in [3.05, 3.63) is 23.8 Å². The molecule has 0 heterocycles. The number of aliphatic imine (C=N–C) groups is 1. The van der Waals surface area contributed by atoms with E-state index in [2.05, 4.69) is 17.6 Å². The third kappa shape index (κ3) is 1.93. The summed E-state index contributed by atoms with van der Waals surface area (Å²) in [6, 6.07) is 5.34. The number of thiol groups is 1. The lowest BCUT2D eigenvalue weighted by molar-refractivity contribution is 0.565. The summed E-state index contributed by atoms with van der Waals surface area (Å²) in [5.41, 5.74) is 1.66. The third-order valence-corrected chi connectivity index (χ3v) is 1.85. The van der Waals surface area contributed by atoms with Crippen molar-refractivity contribution in [3.63, 3.8) is 0 Å². The fourth-order valence-corrected chi connectivity index (χ4v) is 0.927. The average molecular weight is 165 g/mol. The Morgan fingerprint density at radius 2 is 2.27 bits per heavy atom.